The number of ether oxygens (including phenoxy) is 1. The van der Waals surface area contributed by atoms with Crippen molar-refractivity contribution in [2.45, 2.75) is 38.5 Å². The fourth-order valence-electron chi connectivity index (χ4n) is 3.48. The molecule has 2 aliphatic heterocycles. The van der Waals surface area contributed by atoms with Crippen LogP contribution in [0.3, 0.4) is 0 Å². The lowest BCUT2D eigenvalue weighted by molar-refractivity contribution is 0.127. The van der Waals surface area contributed by atoms with Crippen molar-refractivity contribution in [2.75, 3.05) is 59.6 Å². The number of unbranched alkanes of at least 4 members (excludes halogenated alkanes) is 1. The van der Waals surface area contributed by atoms with Crippen LogP contribution in [0.25, 0.3) is 0 Å². The Bertz CT molecular complexity index is 351. The molecule has 0 aromatic rings. The summed E-state index contributed by atoms with van der Waals surface area (Å²) in [6.45, 7) is 7.30. The summed E-state index contributed by atoms with van der Waals surface area (Å²) < 4.78 is 5.52. The van der Waals surface area contributed by atoms with Crippen molar-refractivity contribution in [1.82, 2.24) is 15.5 Å². The molecule has 6 heteroatoms. The van der Waals surface area contributed by atoms with Gasteiger partial charge >= 0.3 is 0 Å². The fourth-order valence-corrected chi connectivity index (χ4v) is 3.48. The van der Waals surface area contributed by atoms with Gasteiger partial charge < -0.3 is 25.4 Å². The Morgan fingerprint density at radius 3 is 2.74 bits per heavy atom. The molecule has 0 saturated carbocycles. The average molecular weight is 326 g/mol. The van der Waals surface area contributed by atoms with Gasteiger partial charge in [0.15, 0.2) is 5.96 Å². The first kappa shape index (κ1) is 18.5. The molecule has 0 amide bonds. The monoisotopic (exact) mass is 326 g/mol. The smallest absolute Gasteiger partial charge is 0.190 e. The molecule has 23 heavy (non-hydrogen) atoms. The minimum Gasteiger partial charge on any atom is -0.396 e. The standard InChI is InChI=1S/C17H34N4O2/c1-18-16(19-8-2-3-9-21-10-4-5-11-21)20-14-17(6-12-22)7-13-23-15-17/h22H,2-15H2,1H3,(H2,18,19,20). The Morgan fingerprint density at radius 1 is 1.26 bits per heavy atom. The van der Waals surface area contributed by atoms with Crippen LogP contribution in [0.1, 0.15) is 38.5 Å². The van der Waals surface area contributed by atoms with E-state index in [0.29, 0.717) is 0 Å². The molecular weight excluding hydrogens is 292 g/mol. The zero-order valence-electron chi connectivity index (χ0n) is 14.6. The highest BCUT2D eigenvalue weighted by atomic mass is 16.5. The maximum atomic E-state index is 9.27. The molecule has 0 spiro atoms. The zero-order valence-corrected chi connectivity index (χ0v) is 14.6. The molecule has 2 aliphatic rings. The van der Waals surface area contributed by atoms with E-state index in [-0.39, 0.29) is 12.0 Å². The van der Waals surface area contributed by atoms with Crippen LogP contribution in [0.15, 0.2) is 4.99 Å². The molecule has 2 rings (SSSR count). The first-order chi connectivity index (χ1) is 11.3. The van der Waals surface area contributed by atoms with Gasteiger partial charge in [0, 0.05) is 38.8 Å². The Kier molecular flexibility index (Phi) is 8.12. The molecule has 0 bridgehead atoms. The maximum absolute atomic E-state index is 9.27. The molecule has 1 atom stereocenters. The van der Waals surface area contributed by atoms with Crippen molar-refractivity contribution in [3.8, 4) is 0 Å². The molecule has 2 fully saturated rings. The summed E-state index contributed by atoms with van der Waals surface area (Å²) in [6, 6.07) is 0. The van der Waals surface area contributed by atoms with Gasteiger partial charge in [0.05, 0.1) is 6.61 Å². The van der Waals surface area contributed by atoms with Gasteiger partial charge in [0.2, 0.25) is 0 Å². The summed E-state index contributed by atoms with van der Waals surface area (Å²) in [5.74, 6) is 0.857. The number of nitrogens with zero attached hydrogens (tertiary/aromatic N) is 2. The molecule has 2 heterocycles. The minimum absolute atomic E-state index is 0.0577. The second-order valence-electron chi connectivity index (χ2n) is 6.88. The molecule has 6 nitrogen and oxygen atoms in total. The van der Waals surface area contributed by atoms with E-state index in [9.17, 15) is 5.11 Å². The quantitative estimate of drug-likeness (QED) is 0.332. The summed E-state index contributed by atoms with van der Waals surface area (Å²) in [5.41, 5.74) is 0.0577. The van der Waals surface area contributed by atoms with Gasteiger partial charge in [-0.3, -0.25) is 4.99 Å². The van der Waals surface area contributed by atoms with Crippen molar-refractivity contribution >= 4 is 5.96 Å². The van der Waals surface area contributed by atoms with Crippen molar-refractivity contribution in [2.24, 2.45) is 10.4 Å². The van der Waals surface area contributed by atoms with Crippen LogP contribution >= 0.6 is 0 Å². The van der Waals surface area contributed by atoms with E-state index in [1.807, 2.05) is 7.05 Å². The average Bonchev–Trinajstić information content (AvgIpc) is 3.23. The maximum Gasteiger partial charge on any atom is 0.190 e. The number of hydrogen-bond acceptors (Lipinski definition) is 4. The van der Waals surface area contributed by atoms with Crippen LogP contribution in [-0.4, -0.2) is 75.6 Å². The van der Waals surface area contributed by atoms with E-state index < -0.39 is 0 Å². The molecule has 0 aromatic carbocycles. The van der Waals surface area contributed by atoms with Crippen molar-refractivity contribution < 1.29 is 9.84 Å². The molecule has 0 radical (unpaired) electrons. The topological polar surface area (TPSA) is 69.1 Å². The van der Waals surface area contributed by atoms with Gasteiger partial charge in [-0.25, -0.2) is 0 Å². The number of guanidine groups is 1. The van der Waals surface area contributed by atoms with Crippen LogP contribution in [0, 0.1) is 5.41 Å². The van der Waals surface area contributed by atoms with E-state index >= 15 is 0 Å². The lowest BCUT2D eigenvalue weighted by Gasteiger charge is -2.27. The molecular formula is C17H34N4O2. The highest BCUT2D eigenvalue weighted by Gasteiger charge is 2.34. The Balaban J connectivity index is 1.59. The molecule has 3 N–H and O–H groups in total. The lowest BCUT2D eigenvalue weighted by Crippen LogP contribution is -2.44. The van der Waals surface area contributed by atoms with E-state index in [0.717, 1.165) is 45.1 Å². The van der Waals surface area contributed by atoms with Gasteiger partial charge in [-0.1, -0.05) is 0 Å². The van der Waals surface area contributed by atoms with Crippen LogP contribution in [0.2, 0.25) is 0 Å². The SMILES string of the molecule is CN=C(NCCCCN1CCCC1)NCC1(CCO)CCOC1. The van der Waals surface area contributed by atoms with Crippen LogP contribution in [0.5, 0.6) is 0 Å². The predicted octanol–water partition coefficient (Wildman–Crippen LogP) is 0.817. The van der Waals surface area contributed by atoms with Gasteiger partial charge in [0.1, 0.15) is 0 Å². The fraction of sp³-hybridized carbons (Fsp3) is 0.941. The van der Waals surface area contributed by atoms with Crippen molar-refractivity contribution in [3.05, 3.63) is 0 Å². The number of rotatable bonds is 9. The van der Waals surface area contributed by atoms with Crippen molar-refractivity contribution in [3.63, 3.8) is 0 Å². The summed E-state index contributed by atoms with van der Waals surface area (Å²) >= 11 is 0. The predicted molar refractivity (Wildman–Crippen MR) is 93.8 cm³/mol. The number of hydrogen-bond donors (Lipinski definition) is 3. The number of nitrogens with one attached hydrogen (secondary N) is 2. The third kappa shape index (κ3) is 6.28. The summed E-state index contributed by atoms with van der Waals surface area (Å²) in [6.07, 6.45) is 6.94. The second-order valence-corrected chi connectivity index (χ2v) is 6.88. The van der Waals surface area contributed by atoms with Crippen LogP contribution < -0.4 is 10.6 Å². The number of aliphatic hydroxyl groups is 1. The highest BCUT2D eigenvalue weighted by molar-refractivity contribution is 5.79. The molecule has 0 aliphatic carbocycles. The van der Waals surface area contributed by atoms with Crippen molar-refractivity contribution in [1.29, 1.82) is 0 Å². The summed E-state index contributed by atoms with van der Waals surface area (Å²) in [5, 5.41) is 16.1. The Labute approximate surface area is 140 Å². The van der Waals surface area contributed by atoms with Gasteiger partial charge in [0.25, 0.3) is 0 Å². The Morgan fingerprint density at radius 2 is 2.09 bits per heavy atom. The third-order valence-electron chi connectivity index (χ3n) is 5.07. The first-order valence-corrected chi connectivity index (χ1v) is 9.13. The lowest BCUT2D eigenvalue weighted by atomic mass is 9.84. The van der Waals surface area contributed by atoms with E-state index in [2.05, 4.69) is 20.5 Å². The first-order valence-electron chi connectivity index (χ1n) is 9.13. The van der Waals surface area contributed by atoms with Gasteiger partial charge in [-0.05, 0) is 58.2 Å². The zero-order chi connectivity index (χ0) is 16.4. The largest absolute Gasteiger partial charge is 0.396 e. The number of aliphatic imine (C=N–C) groups is 1. The van der Waals surface area contributed by atoms with E-state index in [1.165, 1.54) is 45.3 Å². The molecule has 0 aromatic heterocycles. The molecule has 1 unspecified atom stereocenters. The van der Waals surface area contributed by atoms with Crippen LogP contribution in [-0.2, 0) is 4.74 Å². The molecule has 134 valence electrons. The second kappa shape index (κ2) is 10.1. The highest BCUT2D eigenvalue weighted by Crippen LogP contribution is 2.31. The number of likely N-dealkylation sites (tertiary alicyclic amines) is 1. The normalized spacial score (nSPS) is 25.9. The Hall–Kier alpha value is -0.850. The van der Waals surface area contributed by atoms with Crippen LogP contribution in [0.4, 0.5) is 0 Å². The summed E-state index contributed by atoms with van der Waals surface area (Å²) in [7, 11) is 1.81. The van der Waals surface area contributed by atoms with Gasteiger partial charge in [-0.15, -0.1) is 0 Å². The minimum atomic E-state index is 0.0577. The summed E-state index contributed by atoms with van der Waals surface area (Å²) in [4.78, 5) is 6.86. The third-order valence-corrected chi connectivity index (χ3v) is 5.07. The van der Waals surface area contributed by atoms with Gasteiger partial charge in [-0.2, -0.15) is 0 Å². The van der Waals surface area contributed by atoms with E-state index in [1.54, 1.807) is 0 Å². The number of aliphatic hydroxyl groups excluding tert-OH is 1. The van der Waals surface area contributed by atoms with E-state index in [4.69, 9.17) is 4.74 Å². The molecule has 2 saturated heterocycles.